The second-order valence-corrected chi connectivity index (χ2v) is 7.23. The van der Waals surface area contributed by atoms with E-state index in [9.17, 15) is 26.4 Å². The van der Waals surface area contributed by atoms with E-state index in [1.54, 1.807) is 0 Å². The molecule has 2 aromatic carbocycles. The molecule has 4 nitrogen and oxygen atoms in total. The smallest absolute Gasteiger partial charge is 0.322 e. The highest BCUT2D eigenvalue weighted by Gasteiger charge is 2.32. The molecule has 1 N–H and O–H groups in total. The van der Waals surface area contributed by atoms with E-state index in [2.05, 4.69) is 5.32 Å². The Morgan fingerprint density at radius 3 is 2.29 bits per heavy atom. The lowest BCUT2D eigenvalue weighted by Crippen LogP contribution is -2.17. The van der Waals surface area contributed by atoms with Crippen molar-refractivity contribution in [3.05, 3.63) is 59.2 Å². The highest BCUT2D eigenvalue weighted by molar-refractivity contribution is 7.90. The molecule has 0 bridgehead atoms. The van der Waals surface area contributed by atoms with Crippen molar-refractivity contribution >= 4 is 21.4 Å². The zero-order valence-electron chi connectivity index (χ0n) is 12.8. The zero-order chi connectivity index (χ0) is 18.1. The number of carbonyl (C=O) groups is 1. The van der Waals surface area contributed by atoms with Gasteiger partial charge in [-0.15, -0.1) is 0 Å². The van der Waals surface area contributed by atoms with Crippen molar-refractivity contribution in [1.82, 2.24) is 0 Å². The second kappa shape index (κ2) is 6.27. The third-order valence-corrected chi connectivity index (χ3v) is 4.49. The third kappa shape index (κ3) is 3.94. The van der Waals surface area contributed by atoms with Gasteiger partial charge in [-0.3, -0.25) is 4.79 Å². The van der Waals surface area contributed by atoms with Crippen LogP contribution in [-0.2, 0) is 16.0 Å². The minimum absolute atomic E-state index is 0.0250. The summed E-state index contributed by atoms with van der Waals surface area (Å²) in [7, 11) is -3.65. The number of halogens is 3. The number of aryl methyl sites for hydroxylation is 1. The molecule has 0 aliphatic heterocycles. The van der Waals surface area contributed by atoms with Gasteiger partial charge in [0.15, 0.2) is 9.84 Å². The summed E-state index contributed by atoms with van der Waals surface area (Å²) in [6, 6.07) is 8.87. The van der Waals surface area contributed by atoms with E-state index >= 15 is 0 Å². The molecule has 0 aliphatic rings. The number of nitrogens with one attached hydrogen (secondary N) is 1. The van der Waals surface area contributed by atoms with E-state index in [0.29, 0.717) is 0 Å². The molecule has 128 valence electrons. The van der Waals surface area contributed by atoms with Crippen molar-refractivity contribution < 1.29 is 26.4 Å². The van der Waals surface area contributed by atoms with Gasteiger partial charge in [-0.25, -0.2) is 8.42 Å². The maximum absolute atomic E-state index is 12.9. The Labute approximate surface area is 137 Å². The number of anilines is 1. The van der Waals surface area contributed by atoms with E-state index in [0.717, 1.165) is 12.3 Å². The van der Waals surface area contributed by atoms with Crippen LogP contribution < -0.4 is 5.32 Å². The van der Waals surface area contributed by atoms with Gasteiger partial charge < -0.3 is 5.32 Å². The first-order chi connectivity index (χ1) is 11.0. The lowest BCUT2D eigenvalue weighted by atomic mass is 10.1. The highest BCUT2D eigenvalue weighted by Crippen LogP contribution is 2.33. The molecule has 0 spiro atoms. The second-order valence-electron chi connectivity index (χ2n) is 5.25. The molecule has 24 heavy (non-hydrogen) atoms. The quantitative estimate of drug-likeness (QED) is 0.912. The number of hydrogen-bond acceptors (Lipinski definition) is 3. The maximum Gasteiger partial charge on any atom is 0.416 e. The molecule has 1 amide bonds. The molecule has 0 heterocycles. The number of benzene rings is 2. The Hall–Kier alpha value is -2.35. The summed E-state index contributed by atoms with van der Waals surface area (Å²) in [6.07, 6.45) is -3.60. The number of hydrogen-bond donors (Lipinski definition) is 1. The van der Waals surface area contributed by atoms with Gasteiger partial charge in [-0.05, 0) is 36.8 Å². The minimum atomic E-state index is -4.55. The van der Waals surface area contributed by atoms with Crippen molar-refractivity contribution in [2.75, 3.05) is 11.6 Å². The topological polar surface area (TPSA) is 63.2 Å². The largest absolute Gasteiger partial charge is 0.416 e. The lowest BCUT2D eigenvalue weighted by Gasteiger charge is -2.13. The fourth-order valence-corrected chi connectivity index (χ4v) is 3.07. The van der Waals surface area contributed by atoms with Crippen molar-refractivity contribution in [2.45, 2.75) is 18.0 Å². The Kier molecular flexibility index (Phi) is 4.70. The van der Waals surface area contributed by atoms with E-state index in [-0.39, 0.29) is 21.7 Å². The van der Waals surface area contributed by atoms with Gasteiger partial charge in [-0.2, -0.15) is 13.2 Å². The van der Waals surface area contributed by atoms with Gasteiger partial charge >= 0.3 is 6.18 Å². The minimum Gasteiger partial charge on any atom is -0.322 e. The van der Waals surface area contributed by atoms with Crippen LogP contribution in [0.5, 0.6) is 0 Å². The summed E-state index contributed by atoms with van der Waals surface area (Å²) in [5.41, 5.74) is -1.04. The summed E-state index contributed by atoms with van der Waals surface area (Å²) < 4.78 is 62.2. The molecular formula is C16H14F3NO3S. The first-order valence-corrected chi connectivity index (χ1v) is 8.67. The zero-order valence-corrected chi connectivity index (χ0v) is 13.6. The Bertz CT molecular complexity index is 890. The third-order valence-electron chi connectivity index (χ3n) is 3.33. The van der Waals surface area contributed by atoms with Crippen molar-refractivity contribution in [3.8, 4) is 0 Å². The molecule has 2 rings (SSSR count). The van der Waals surface area contributed by atoms with Gasteiger partial charge in [0.2, 0.25) is 0 Å². The number of carbonyl (C=O) groups excluding carboxylic acids is 1. The van der Waals surface area contributed by atoms with Crippen LogP contribution in [0.2, 0.25) is 0 Å². The van der Waals surface area contributed by atoms with E-state index < -0.39 is 27.5 Å². The van der Waals surface area contributed by atoms with E-state index in [1.807, 2.05) is 0 Å². The normalized spacial score (nSPS) is 12.0. The Morgan fingerprint density at radius 1 is 1.08 bits per heavy atom. The standard InChI is InChI=1S/C16H14F3NO3S/c1-10-7-8-11(9-13(10)16(17,18)19)20-15(21)12-5-3-4-6-14(12)24(2,22)23/h3-9H,1-2H3,(H,20,21). The molecular weight excluding hydrogens is 343 g/mol. The van der Waals surface area contributed by atoms with Crippen molar-refractivity contribution in [1.29, 1.82) is 0 Å². The van der Waals surface area contributed by atoms with Crippen LogP contribution in [0.1, 0.15) is 21.5 Å². The summed E-state index contributed by atoms with van der Waals surface area (Å²) in [5.74, 6) is -0.798. The van der Waals surface area contributed by atoms with Crippen LogP contribution >= 0.6 is 0 Å². The molecule has 0 aromatic heterocycles. The summed E-state index contributed by atoms with van der Waals surface area (Å²) >= 11 is 0. The average Bonchev–Trinajstić information content (AvgIpc) is 2.47. The molecule has 8 heteroatoms. The van der Waals surface area contributed by atoms with Crippen LogP contribution in [-0.4, -0.2) is 20.6 Å². The Morgan fingerprint density at radius 2 is 1.71 bits per heavy atom. The summed E-state index contributed by atoms with van der Waals surface area (Å²) in [4.78, 5) is 12.1. The fraction of sp³-hybridized carbons (Fsp3) is 0.188. The molecule has 2 aromatic rings. The fourth-order valence-electron chi connectivity index (χ4n) is 2.18. The van der Waals surface area contributed by atoms with Crippen molar-refractivity contribution in [2.24, 2.45) is 0 Å². The highest BCUT2D eigenvalue weighted by atomic mass is 32.2. The van der Waals surface area contributed by atoms with Crippen LogP contribution in [0.4, 0.5) is 18.9 Å². The monoisotopic (exact) mass is 357 g/mol. The average molecular weight is 357 g/mol. The van der Waals surface area contributed by atoms with E-state index in [1.165, 1.54) is 43.3 Å². The molecule has 0 fully saturated rings. The summed E-state index contributed by atoms with van der Waals surface area (Å²) in [5, 5.41) is 2.31. The first-order valence-electron chi connectivity index (χ1n) is 6.78. The van der Waals surface area contributed by atoms with Gasteiger partial charge in [0, 0.05) is 11.9 Å². The van der Waals surface area contributed by atoms with Gasteiger partial charge in [0.05, 0.1) is 16.0 Å². The Balaban J connectivity index is 2.39. The van der Waals surface area contributed by atoms with Crippen LogP contribution in [0.3, 0.4) is 0 Å². The molecule has 0 aliphatic carbocycles. The van der Waals surface area contributed by atoms with Crippen molar-refractivity contribution in [3.63, 3.8) is 0 Å². The first kappa shape index (κ1) is 18.0. The van der Waals surface area contributed by atoms with E-state index in [4.69, 9.17) is 0 Å². The predicted molar refractivity (Wildman–Crippen MR) is 83.7 cm³/mol. The van der Waals surface area contributed by atoms with Crippen LogP contribution in [0, 0.1) is 6.92 Å². The SMILES string of the molecule is Cc1ccc(NC(=O)c2ccccc2S(C)(=O)=O)cc1C(F)(F)F. The van der Waals surface area contributed by atoms with Gasteiger partial charge in [-0.1, -0.05) is 18.2 Å². The molecule has 0 saturated heterocycles. The van der Waals surface area contributed by atoms with Crippen LogP contribution in [0.15, 0.2) is 47.4 Å². The number of sulfone groups is 1. The van der Waals surface area contributed by atoms with Gasteiger partial charge in [0.25, 0.3) is 5.91 Å². The number of rotatable bonds is 3. The lowest BCUT2D eigenvalue weighted by molar-refractivity contribution is -0.138. The maximum atomic E-state index is 12.9. The molecule has 0 unspecified atom stereocenters. The number of amides is 1. The van der Waals surface area contributed by atoms with Gasteiger partial charge in [0.1, 0.15) is 0 Å². The summed E-state index contributed by atoms with van der Waals surface area (Å²) in [6.45, 7) is 1.31. The molecule has 0 radical (unpaired) electrons. The number of alkyl halides is 3. The molecule has 0 atom stereocenters. The van der Waals surface area contributed by atoms with Crippen LogP contribution in [0.25, 0.3) is 0 Å². The molecule has 0 saturated carbocycles. The predicted octanol–water partition coefficient (Wildman–Crippen LogP) is 3.67.